The molecule has 0 saturated carbocycles. The van der Waals surface area contributed by atoms with E-state index in [1.165, 1.54) is 34.9 Å². The van der Waals surface area contributed by atoms with Crippen molar-refractivity contribution >= 4 is 52.7 Å². The Labute approximate surface area is 233 Å². The summed E-state index contributed by atoms with van der Waals surface area (Å²) in [6, 6.07) is 22.2. The number of halogens is 2. The van der Waals surface area contributed by atoms with Gasteiger partial charge < -0.3 is 15.2 Å². The van der Waals surface area contributed by atoms with Crippen molar-refractivity contribution in [2.24, 2.45) is 0 Å². The van der Waals surface area contributed by atoms with Crippen molar-refractivity contribution in [1.29, 1.82) is 0 Å². The Bertz CT molecular complexity index is 1380. The van der Waals surface area contributed by atoms with Crippen molar-refractivity contribution in [3.8, 4) is 0 Å². The first-order valence-corrected chi connectivity index (χ1v) is 13.5. The van der Waals surface area contributed by atoms with Gasteiger partial charge in [0.15, 0.2) is 6.10 Å². The lowest BCUT2D eigenvalue weighted by Crippen LogP contribution is -2.70. The highest BCUT2D eigenvalue weighted by Crippen LogP contribution is 2.41. The summed E-state index contributed by atoms with van der Waals surface area (Å²) in [5.74, 6) is -1.38. The van der Waals surface area contributed by atoms with E-state index >= 15 is 0 Å². The molecule has 5 rings (SSSR count). The number of ether oxygens (including phenoxy) is 1. The maximum absolute atomic E-state index is 13.6. The van der Waals surface area contributed by atoms with Crippen LogP contribution in [-0.2, 0) is 14.3 Å². The minimum atomic E-state index is -0.857. The Kier molecular flexibility index (Phi) is 7.76. The van der Waals surface area contributed by atoms with Gasteiger partial charge in [-0.2, -0.15) is 0 Å². The van der Waals surface area contributed by atoms with E-state index in [1.807, 2.05) is 60.7 Å². The second-order valence-electron chi connectivity index (χ2n) is 8.71. The number of carbonyl (C=O) groups excluding carboxylic acids is 3. The smallest absolute Gasteiger partial charge is 0.356 e. The topological polar surface area (TPSA) is 95.9 Å². The molecule has 0 aliphatic carbocycles. The van der Waals surface area contributed by atoms with Crippen LogP contribution in [0.5, 0.6) is 0 Å². The first kappa shape index (κ1) is 26.3. The third kappa shape index (κ3) is 5.05. The predicted octanol–water partition coefficient (Wildman–Crippen LogP) is 4.59. The molecule has 2 amide bonds. The Morgan fingerprint density at radius 2 is 1.63 bits per heavy atom. The molecule has 1 saturated heterocycles. The van der Waals surface area contributed by atoms with Crippen molar-refractivity contribution in [2.75, 3.05) is 12.4 Å². The van der Waals surface area contributed by atoms with E-state index in [-0.39, 0.29) is 16.3 Å². The molecule has 2 aliphatic heterocycles. The maximum atomic E-state index is 13.6. The molecular formula is C28H22Cl2N2O5S. The number of rotatable bonds is 7. The van der Waals surface area contributed by atoms with Crippen molar-refractivity contribution < 1.29 is 24.2 Å². The molecule has 38 heavy (non-hydrogen) atoms. The molecule has 3 aromatic carbocycles. The zero-order chi connectivity index (χ0) is 26.8. The standard InChI is InChI=1S/C28H22Cl2N2O5S/c29-20-12-11-18(13-21(20)30)25(34)31-22-26(35)32-23(19(14-33)15-38-27(22)32)28(36)37-24(16-7-3-1-4-8-16)17-9-5-2-6-10-17/h1-13,22,24,27,33H,14-15H2,(H,31,34)/t22-,27-/m0/s1. The minimum Gasteiger partial charge on any atom is -0.448 e. The summed E-state index contributed by atoms with van der Waals surface area (Å²) in [4.78, 5) is 40.9. The summed E-state index contributed by atoms with van der Waals surface area (Å²) in [6.07, 6.45) is -0.716. The number of thioether (sulfide) groups is 1. The molecular weight excluding hydrogens is 547 g/mol. The van der Waals surface area contributed by atoms with Crippen LogP contribution in [0, 0.1) is 0 Å². The van der Waals surface area contributed by atoms with Crippen LogP contribution in [0.25, 0.3) is 0 Å². The Morgan fingerprint density at radius 1 is 1.00 bits per heavy atom. The van der Waals surface area contributed by atoms with E-state index in [2.05, 4.69) is 5.32 Å². The van der Waals surface area contributed by atoms with Crippen molar-refractivity contribution in [3.05, 3.63) is 117 Å². The fraction of sp³-hybridized carbons (Fsp3) is 0.179. The lowest BCUT2D eigenvalue weighted by molar-refractivity contribution is -0.153. The molecule has 2 aliphatic rings. The minimum absolute atomic E-state index is 0.0122. The zero-order valence-corrected chi connectivity index (χ0v) is 22.2. The lowest BCUT2D eigenvalue weighted by Gasteiger charge is -2.49. The third-order valence-electron chi connectivity index (χ3n) is 6.33. The largest absolute Gasteiger partial charge is 0.448 e. The van der Waals surface area contributed by atoms with Crippen LogP contribution in [0.15, 0.2) is 90.1 Å². The number of aliphatic hydroxyl groups is 1. The first-order valence-electron chi connectivity index (χ1n) is 11.7. The highest BCUT2D eigenvalue weighted by molar-refractivity contribution is 8.00. The molecule has 0 radical (unpaired) electrons. The van der Waals surface area contributed by atoms with Gasteiger partial charge in [0.2, 0.25) is 0 Å². The van der Waals surface area contributed by atoms with Crippen LogP contribution in [0.2, 0.25) is 10.0 Å². The summed E-state index contributed by atoms with van der Waals surface area (Å²) >= 11 is 13.3. The molecule has 10 heteroatoms. The van der Waals surface area contributed by atoms with Crippen LogP contribution in [0.3, 0.4) is 0 Å². The number of amides is 2. The van der Waals surface area contributed by atoms with Crippen LogP contribution < -0.4 is 5.32 Å². The van der Waals surface area contributed by atoms with Gasteiger partial charge in [-0.3, -0.25) is 14.5 Å². The second-order valence-corrected chi connectivity index (χ2v) is 10.6. The molecule has 0 unspecified atom stereocenters. The average molecular weight is 569 g/mol. The van der Waals surface area contributed by atoms with E-state index in [1.54, 1.807) is 0 Å². The number of nitrogens with zero attached hydrogens (tertiary/aromatic N) is 1. The average Bonchev–Trinajstić information content (AvgIpc) is 2.95. The number of aliphatic hydroxyl groups excluding tert-OH is 1. The van der Waals surface area contributed by atoms with E-state index in [9.17, 15) is 19.5 Å². The molecule has 2 atom stereocenters. The van der Waals surface area contributed by atoms with Crippen LogP contribution in [0.4, 0.5) is 0 Å². The molecule has 0 aromatic heterocycles. The maximum Gasteiger partial charge on any atom is 0.356 e. The number of carbonyl (C=O) groups is 3. The van der Waals surface area contributed by atoms with E-state index in [4.69, 9.17) is 27.9 Å². The summed E-state index contributed by atoms with van der Waals surface area (Å²) in [7, 11) is 0. The fourth-order valence-corrected chi connectivity index (χ4v) is 6.04. The van der Waals surface area contributed by atoms with Gasteiger partial charge in [0.25, 0.3) is 11.8 Å². The number of benzene rings is 3. The zero-order valence-electron chi connectivity index (χ0n) is 19.8. The van der Waals surface area contributed by atoms with Gasteiger partial charge >= 0.3 is 5.97 Å². The molecule has 2 heterocycles. The van der Waals surface area contributed by atoms with Crippen LogP contribution in [-0.4, -0.2) is 51.6 Å². The number of esters is 1. The molecule has 2 N–H and O–H groups in total. The van der Waals surface area contributed by atoms with Gasteiger partial charge in [0, 0.05) is 11.3 Å². The molecule has 1 fully saturated rings. The van der Waals surface area contributed by atoms with Gasteiger partial charge in [-0.25, -0.2) is 4.79 Å². The number of β-lactam (4-membered cyclic amide) rings is 1. The Hall–Kier alpha value is -3.30. The lowest BCUT2D eigenvalue weighted by atomic mass is 10.0. The monoisotopic (exact) mass is 568 g/mol. The number of hydrogen-bond donors (Lipinski definition) is 2. The quantitative estimate of drug-likeness (QED) is 0.320. The fourth-order valence-electron chi connectivity index (χ4n) is 4.40. The summed E-state index contributed by atoms with van der Waals surface area (Å²) in [6.45, 7) is -0.407. The summed E-state index contributed by atoms with van der Waals surface area (Å²) in [5.41, 5.74) is 2.19. The highest BCUT2D eigenvalue weighted by atomic mass is 35.5. The predicted molar refractivity (Wildman–Crippen MR) is 146 cm³/mol. The van der Waals surface area contributed by atoms with Gasteiger partial charge in [-0.05, 0) is 34.9 Å². The Balaban J connectivity index is 1.38. The van der Waals surface area contributed by atoms with Crippen LogP contribution in [0.1, 0.15) is 27.6 Å². The van der Waals surface area contributed by atoms with Gasteiger partial charge in [0.1, 0.15) is 17.1 Å². The van der Waals surface area contributed by atoms with Crippen molar-refractivity contribution in [2.45, 2.75) is 17.5 Å². The van der Waals surface area contributed by atoms with E-state index < -0.39 is 41.9 Å². The number of fused-ring (bicyclic) bond motifs is 1. The third-order valence-corrected chi connectivity index (χ3v) is 8.41. The molecule has 0 bridgehead atoms. The van der Waals surface area contributed by atoms with Gasteiger partial charge in [-0.1, -0.05) is 83.9 Å². The first-order chi connectivity index (χ1) is 18.4. The van der Waals surface area contributed by atoms with E-state index in [0.29, 0.717) is 16.3 Å². The molecule has 3 aromatic rings. The molecule has 7 nitrogen and oxygen atoms in total. The SMILES string of the molecule is O=C(OC(c1ccccc1)c1ccccc1)C1=C(CO)CS[C@H]2[C@@H](NC(=O)c3ccc(Cl)c(Cl)c3)C(=O)N12. The number of nitrogens with one attached hydrogen (secondary N) is 1. The molecule has 0 spiro atoms. The molecule has 194 valence electrons. The second kappa shape index (κ2) is 11.2. The van der Waals surface area contributed by atoms with E-state index in [0.717, 1.165) is 11.1 Å². The highest BCUT2D eigenvalue weighted by Gasteiger charge is 2.54. The number of hydrogen-bond acceptors (Lipinski definition) is 6. The summed E-state index contributed by atoms with van der Waals surface area (Å²) in [5, 5.41) is 12.7. The normalized spacial score (nSPS) is 18.6. The summed E-state index contributed by atoms with van der Waals surface area (Å²) < 4.78 is 5.98. The van der Waals surface area contributed by atoms with Crippen molar-refractivity contribution in [3.63, 3.8) is 0 Å². The van der Waals surface area contributed by atoms with Crippen molar-refractivity contribution in [1.82, 2.24) is 10.2 Å². The Morgan fingerprint density at radius 3 is 2.21 bits per heavy atom. The van der Waals surface area contributed by atoms with Gasteiger partial charge in [-0.15, -0.1) is 11.8 Å². The van der Waals surface area contributed by atoms with Crippen LogP contribution >= 0.6 is 35.0 Å². The van der Waals surface area contributed by atoms with Gasteiger partial charge in [0.05, 0.1) is 16.7 Å².